The Morgan fingerprint density at radius 1 is 1.10 bits per heavy atom. The van der Waals surface area contributed by atoms with Gasteiger partial charge >= 0.3 is 0 Å². The first-order valence-corrected chi connectivity index (χ1v) is 10.8. The Labute approximate surface area is 170 Å². The molecule has 6 nitrogen and oxygen atoms in total. The molecule has 0 saturated carbocycles. The minimum absolute atomic E-state index is 0.0560. The minimum atomic E-state index is -4.13. The van der Waals surface area contributed by atoms with Crippen molar-refractivity contribution in [3.63, 3.8) is 0 Å². The molecule has 3 rings (SSSR count). The molecule has 1 atom stereocenters. The normalized spacial score (nSPS) is 16.6. The molecule has 0 bridgehead atoms. The number of hydrogen-bond acceptors (Lipinski definition) is 5. The van der Waals surface area contributed by atoms with Crippen LogP contribution in [-0.2, 0) is 14.8 Å². The molecule has 0 radical (unpaired) electrons. The lowest BCUT2D eigenvalue weighted by Gasteiger charge is -2.35. The highest BCUT2D eigenvalue weighted by Crippen LogP contribution is 2.25. The maximum Gasteiger partial charge on any atom is 0.243 e. The Morgan fingerprint density at radius 3 is 2.34 bits per heavy atom. The number of hydrogen-bond donors (Lipinski definition) is 1. The molecule has 1 saturated heterocycles. The fraction of sp³-hybridized carbons (Fsp3) is 0.400. The second kappa shape index (κ2) is 9.17. The Balaban J connectivity index is 1.82. The van der Waals surface area contributed by atoms with E-state index < -0.39 is 26.6 Å². The van der Waals surface area contributed by atoms with Crippen molar-refractivity contribution in [2.45, 2.75) is 10.9 Å². The van der Waals surface area contributed by atoms with E-state index in [1.165, 1.54) is 0 Å². The van der Waals surface area contributed by atoms with Crippen molar-refractivity contribution in [3.8, 4) is 0 Å². The number of benzene rings is 2. The van der Waals surface area contributed by atoms with E-state index in [2.05, 4.69) is 9.62 Å². The molecule has 0 spiro atoms. The number of morpholine rings is 1. The highest BCUT2D eigenvalue weighted by Gasteiger charge is 2.26. The molecule has 29 heavy (non-hydrogen) atoms. The first-order valence-electron chi connectivity index (χ1n) is 9.32. The summed E-state index contributed by atoms with van der Waals surface area (Å²) in [5.41, 5.74) is 1.98. The Bertz CT molecular complexity index is 930. The summed E-state index contributed by atoms with van der Waals surface area (Å²) in [5, 5.41) is 0. The standard InChI is InChI=1S/C20H25F2N3O3S/c1-24(2)17-6-3-15(4-7-17)19(25-9-11-28-12-10-25)14-23-29(26,27)20-8-5-16(21)13-18(20)22/h3-8,13,19,23H,9-12,14H2,1-2H3. The topological polar surface area (TPSA) is 61.9 Å². The van der Waals surface area contributed by atoms with E-state index in [1.54, 1.807) is 0 Å². The molecule has 158 valence electrons. The third-order valence-electron chi connectivity index (χ3n) is 4.93. The third-order valence-corrected chi connectivity index (χ3v) is 6.39. The first kappa shape index (κ1) is 21.6. The lowest BCUT2D eigenvalue weighted by molar-refractivity contribution is 0.0172. The van der Waals surface area contributed by atoms with Crippen LogP contribution in [-0.4, -0.2) is 60.3 Å². The molecule has 1 aliphatic heterocycles. The molecule has 1 aliphatic rings. The van der Waals surface area contributed by atoms with Gasteiger partial charge < -0.3 is 9.64 Å². The molecular formula is C20H25F2N3O3S. The van der Waals surface area contributed by atoms with Gasteiger partial charge in [0.15, 0.2) is 0 Å². The van der Waals surface area contributed by atoms with Crippen LogP contribution in [0.1, 0.15) is 11.6 Å². The molecule has 0 aliphatic carbocycles. The van der Waals surface area contributed by atoms with Crippen LogP contribution in [0.2, 0.25) is 0 Å². The van der Waals surface area contributed by atoms with Gasteiger partial charge in [0.2, 0.25) is 10.0 Å². The second-order valence-electron chi connectivity index (χ2n) is 7.08. The lowest BCUT2D eigenvalue weighted by atomic mass is 10.0. The van der Waals surface area contributed by atoms with Crippen molar-refractivity contribution in [2.24, 2.45) is 0 Å². The van der Waals surface area contributed by atoms with Crippen molar-refractivity contribution >= 4 is 15.7 Å². The predicted molar refractivity (Wildman–Crippen MR) is 107 cm³/mol. The maximum absolute atomic E-state index is 14.0. The van der Waals surface area contributed by atoms with Crippen molar-refractivity contribution in [1.82, 2.24) is 9.62 Å². The van der Waals surface area contributed by atoms with E-state index in [0.29, 0.717) is 32.4 Å². The highest BCUT2D eigenvalue weighted by atomic mass is 32.2. The number of nitrogens with zero attached hydrogens (tertiary/aromatic N) is 2. The second-order valence-corrected chi connectivity index (χ2v) is 8.81. The minimum Gasteiger partial charge on any atom is -0.379 e. The van der Waals surface area contributed by atoms with Gasteiger partial charge in [-0.25, -0.2) is 21.9 Å². The van der Waals surface area contributed by atoms with Gasteiger partial charge in [-0.1, -0.05) is 12.1 Å². The van der Waals surface area contributed by atoms with Crippen LogP contribution in [0.25, 0.3) is 0 Å². The maximum atomic E-state index is 14.0. The lowest BCUT2D eigenvalue weighted by Crippen LogP contribution is -2.43. The van der Waals surface area contributed by atoms with Gasteiger partial charge in [0.1, 0.15) is 16.5 Å². The number of nitrogens with one attached hydrogen (secondary N) is 1. The summed E-state index contributed by atoms with van der Waals surface area (Å²) in [6.45, 7) is 2.50. The van der Waals surface area contributed by atoms with Gasteiger partial charge in [-0.15, -0.1) is 0 Å². The number of ether oxygens (including phenoxy) is 1. The van der Waals surface area contributed by atoms with Gasteiger partial charge in [0, 0.05) is 51.5 Å². The molecule has 0 amide bonds. The molecule has 9 heteroatoms. The molecule has 1 fully saturated rings. The molecule has 1 unspecified atom stereocenters. The third kappa shape index (κ3) is 5.30. The summed E-state index contributed by atoms with van der Waals surface area (Å²) in [5.74, 6) is -1.94. The zero-order valence-electron chi connectivity index (χ0n) is 16.4. The average Bonchev–Trinajstić information content (AvgIpc) is 2.69. The van der Waals surface area contributed by atoms with E-state index in [-0.39, 0.29) is 12.6 Å². The van der Waals surface area contributed by atoms with Crippen LogP contribution < -0.4 is 9.62 Å². The van der Waals surface area contributed by atoms with E-state index >= 15 is 0 Å². The SMILES string of the molecule is CN(C)c1ccc(C(CNS(=O)(=O)c2ccc(F)cc2F)N2CCOCC2)cc1. The van der Waals surface area contributed by atoms with Gasteiger partial charge in [-0.2, -0.15) is 0 Å². The molecule has 1 N–H and O–H groups in total. The summed E-state index contributed by atoms with van der Waals surface area (Å²) in [6.07, 6.45) is 0. The van der Waals surface area contributed by atoms with Gasteiger partial charge in [0.05, 0.1) is 13.2 Å². The fourth-order valence-corrected chi connectivity index (χ4v) is 4.40. The molecular weight excluding hydrogens is 400 g/mol. The van der Waals surface area contributed by atoms with Crippen molar-refractivity contribution in [2.75, 3.05) is 51.8 Å². The summed E-state index contributed by atoms with van der Waals surface area (Å²) < 4.78 is 60.2. The smallest absolute Gasteiger partial charge is 0.243 e. The van der Waals surface area contributed by atoms with Gasteiger partial charge in [-0.3, -0.25) is 4.90 Å². The Kier molecular flexibility index (Phi) is 6.84. The predicted octanol–water partition coefficient (Wildman–Crippen LogP) is 2.38. The van der Waals surface area contributed by atoms with E-state index in [0.717, 1.165) is 23.4 Å². The number of sulfonamides is 1. The Hall–Kier alpha value is -2.07. The molecule has 2 aromatic rings. The summed E-state index contributed by atoms with van der Waals surface area (Å²) in [4.78, 5) is 3.55. The van der Waals surface area contributed by atoms with Crippen molar-refractivity contribution in [3.05, 3.63) is 59.7 Å². The summed E-state index contributed by atoms with van der Waals surface area (Å²) in [7, 11) is -0.240. The van der Waals surface area contributed by atoms with Crippen LogP contribution in [0.15, 0.2) is 47.4 Å². The molecule has 1 heterocycles. The average molecular weight is 426 g/mol. The van der Waals surface area contributed by atoms with Crippen molar-refractivity contribution < 1.29 is 21.9 Å². The van der Waals surface area contributed by atoms with Crippen molar-refractivity contribution in [1.29, 1.82) is 0 Å². The largest absolute Gasteiger partial charge is 0.379 e. The molecule has 2 aromatic carbocycles. The fourth-order valence-electron chi connectivity index (χ4n) is 3.30. The van der Waals surface area contributed by atoms with E-state index in [4.69, 9.17) is 4.74 Å². The first-order chi connectivity index (χ1) is 13.8. The Morgan fingerprint density at radius 2 is 1.76 bits per heavy atom. The number of halogens is 2. The summed E-state index contributed by atoms with van der Waals surface area (Å²) >= 11 is 0. The van der Waals surface area contributed by atoms with Gasteiger partial charge in [-0.05, 0) is 29.8 Å². The quantitative estimate of drug-likeness (QED) is 0.738. The zero-order chi connectivity index (χ0) is 21.0. The highest BCUT2D eigenvalue weighted by molar-refractivity contribution is 7.89. The van der Waals surface area contributed by atoms with E-state index in [9.17, 15) is 17.2 Å². The van der Waals surface area contributed by atoms with Crippen LogP contribution in [0.5, 0.6) is 0 Å². The zero-order valence-corrected chi connectivity index (χ0v) is 17.3. The molecule has 0 aromatic heterocycles. The monoisotopic (exact) mass is 425 g/mol. The van der Waals surface area contributed by atoms with Gasteiger partial charge in [0.25, 0.3) is 0 Å². The summed E-state index contributed by atoms with van der Waals surface area (Å²) in [6, 6.07) is 10.0. The van der Waals surface area contributed by atoms with E-state index in [1.807, 2.05) is 43.3 Å². The van der Waals surface area contributed by atoms with Crippen LogP contribution in [0.3, 0.4) is 0 Å². The number of rotatable bonds is 7. The van der Waals surface area contributed by atoms with Crippen LogP contribution >= 0.6 is 0 Å². The number of anilines is 1. The van der Waals surface area contributed by atoms with Crippen LogP contribution in [0.4, 0.5) is 14.5 Å². The van der Waals surface area contributed by atoms with Crippen LogP contribution in [0, 0.1) is 11.6 Å².